The van der Waals surface area contributed by atoms with Crippen LogP contribution in [0.5, 0.6) is 0 Å². The topological polar surface area (TPSA) is 38.9 Å². The molecule has 0 amide bonds. The predicted octanol–water partition coefficient (Wildman–Crippen LogP) is 2.85. The Kier molecular flexibility index (Phi) is 5.33. The van der Waals surface area contributed by atoms with Gasteiger partial charge in [-0.15, -0.1) is 0 Å². The molecule has 0 aromatic carbocycles. The summed E-state index contributed by atoms with van der Waals surface area (Å²) in [4.78, 5) is 3.78. The van der Waals surface area contributed by atoms with Crippen molar-refractivity contribution in [3.63, 3.8) is 0 Å². The Bertz CT molecular complexity index is 211. The molecule has 1 saturated carbocycles. The summed E-state index contributed by atoms with van der Waals surface area (Å²) in [5, 5.41) is 0. The smallest absolute Gasteiger partial charge is 0.0267 e. The van der Waals surface area contributed by atoms with Gasteiger partial charge in [-0.25, -0.2) is 0 Å². The zero-order valence-electron chi connectivity index (χ0n) is 9.76. The molecule has 1 aromatic rings. The van der Waals surface area contributed by atoms with E-state index in [4.69, 9.17) is 5.73 Å². The van der Waals surface area contributed by atoms with Crippen LogP contribution >= 0.6 is 0 Å². The summed E-state index contributed by atoms with van der Waals surface area (Å²) in [5.41, 5.74) is 5.87. The van der Waals surface area contributed by atoms with E-state index in [0.29, 0.717) is 6.04 Å². The average Bonchev–Trinajstić information content (AvgIpc) is 2.29. The van der Waals surface area contributed by atoms with Crippen LogP contribution in [-0.4, -0.2) is 11.0 Å². The molecule has 1 aliphatic carbocycles. The van der Waals surface area contributed by atoms with Gasteiger partial charge >= 0.3 is 0 Å². The fourth-order valence-electron chi connectivity index (χ4n) is 1.94. The highest BCUT2D eigenvalue weighted by Crippen LogP contribution is 2.27. The van der Waals surface area contributed by atoms with Crippen LogP contribution < -0.4 is 5.73 Å². The molecule has 3 unspecified atom stereocenters. The van der Waals surface area contributed by atoms with Crippen LogP contribution in [0, 0.1) is 11.8 Å². The molecule has 0 saturated heterocycles. The van der Waals surface area contributed by atoms with Gasteiger partial charge in [0.25, 0.3) is 0 Å². The van der Waals surface area contributed by atoms with Crippen molar-refractivity contribution in [2.75, 3.05) is 0 Å². The van der Waals surface area contributed by atoms with E-state index in [0.717, 1.165) is 11.8 Å². The first-order valence-electron chi connectivity index (χ1n) is 5.82. The fourth-order valence-corrected chi connectivity index (χ4v) is 1.94. The Morgan fingerprint density at radius 3 is 2.07 bits per heavy atom. The second-order valence-electron chi connectivity index (χ2n) is 4.46. The molecule has 15 heavy (non-hydrogen) atoms. The summed E-state index contributed by atoms with van der Waals surface area (Å²) in [6.07, 6.45) is 7.47. The summed E-state index contributed by atoms with van der Waals surface area (Å²) < 4.78 is 0. The van der Waals surface area contributed by atoms with Crippen molar-refractivity contribution in [1.29, 1.82) is 0 Å². The van der Waals surface area contributed by atoms with Crippen molar-refractivity contribution < 1.29 is 0 Å². The summed E-state index contributed by atoms with van der Waals surface area (Å²) in [6.45, 7) is 4.58. The quantitative estimate of drug-likeness (QED) is 0.709. The third-order valence-electron chi connectivity index (χ3n) is 3.34. The number of aromatic nitrogens is 1. The lowest BCUT2D eigenvalue weighted by molar-refractivity contribution is 0.240. The Hall–Kier alpha value is -0.890. The van der Waals surface area contributed by atoms with Crippen LogP contribution in [0.25, 0.3) is 0 Å². The van der Waals surface area contributed by atoms with E-state index < -0.39 is 0 Å². The Labute approximate surface area is 92.9 Å². The van der Waals surface area contributed by atoms with Gasteiger partial charge in [-0.05, 0) is 30.4 Å². The van der Waals surface area contributed by atoms with Crippen LogP contribution in [-0.2, 0) is 0 Å². The van der Waals surface area contributed by atoms with Crippen molar-refractivity contribution in [3.8, 4) is 0 Å². The summed E-state index contributed by atoms with van der Waals surface area (Å²) in [6, 6.07) is 6.20. The van der Waals surface area contributed by atoms with Gasteiger partial charge in [-0.3, -0.25) is 4.98 Å². The highest BCUT2D eigenvalue weighted by atomic mass is 14.7. The second-order valence-corrected chi connectivity index (χ2v) is 4.46. The Morgan fingerprint density at radius 2 is 1.73 bits per heavy atom. The number of rotatable bonds is 0. The van der Waals surface area contributed by atoms with E-state index in [2.05, 4.69) is 18.8 Å². The van der Waals surface area contributed by atoms with Gasteiger partial charge in [0.15, 0.2) is 0 Å². The molecule has 2 nitrogen and oxygen atoms in total. The van der Waals surface area contributed by atoms with Gasteiger partial charge in [-0.2, -0.15) is 0 Å². The third-order valence-corrected chi connectivity index (χ3v) is 3.34. The third kappa shape index (κ3) is 4.43. The highest BCUT2D eigenvalue weighted by molar-refractivity contribution is 4.88. The lowest BCUT2D eigenvalue weighted by Crippen LogP contribution is -2.35. The van der Waals surface area contributed by atoms with E-state index in [-0.39, 0.29) is 0 Å². The van der Waals surface area contributed by atoms with E-state index in [9.17, 15) is 0 Å². The van der Waals surface area contributed by atoms with Crippen molar-refractivity contribution >= 4 is 0 Å². The monoisotopic (exact) mass is 206 g/mol. The molecule has 0 aliphatic heterocycles. The number of hydrogen-bond acceptors (Lipinski definition) is 2. The molecule has 1 aliphatic rings. The maximum absolute atomic E-state index is 5.87. The lowest BCUT2D eigenvalue weighted by atomic mass is 9.78. The Morgan fingerprint density at radius 1 is 1.07 bits per heavy atom. The molecule has 1 fully saturated rings. The van der Waals surface area contributed by atoms with E-state index >= 15 is 0 Å². The van der Waals surface area contributed by atoms with Gasteiger partial charge in [0.1, 0.15) is 0 Å². The molecule has 84 valence electrons. The molecule has 2 N–H and O–H groups in total. The van der Waals surface area contributed by atoms with E-state index in [1.165, 1.54) is 19.3 Å². The van der Waals surface area contributed by atoms with Gasteiger partial charge < -0.3 is 5.73 Å². The number of pyridine rings is 1. The van der Waals surface area contributed by atoms with Crippen molar-refractivity contribution in [1.82, 2.24) is 4.98 Å². The van der Waals surface area contributed by atoms with E-state index in [1.807, 2.05) is 18.2 Å². The van der Waals surface area contributed by atoms with Crippen LogP contribution in [0.3, 0.4) is 0 Å². The first-order chi connectivity index (χ1) is 7.22. The summed E-state index contributed by atoms with van der Waals surface area (Å²) in [7, 11) is 0. The fraction of sp³-hybridized carbons (Fsp3) is 0.615. The zero-order valence-corrected chi connectivity index (χ0v) is 9.76. The molecular formula is C13H22N2. The molecule has 2 heteroatoms. The van der Waals surface area contributed by atoms with Gasteiger partial charge in [0, 0.05) is 18.4 Å². The molecule has 1 heterocycles. The van der Waals surface area contributed by atoms with E-state index in [1.54, 1.807) is 12.4 Å². The molecule has 3 atom stereocenters. The number of hydrogen-bond donors (Lipinski definition) is 1. The molecule has 0 bridgehead atoms. The van der Waals surface area contributed by atoms with Gasteiger partial charge in [0.2, 0.25) is 0 Å². The predicted molar refractivity (Wildman–Crippen MR) is 64.4 cm³/mol. The maximum atomic E-state index is 5.87. The van der Waals surface area contributed by atoms with Crippen LogP contribution in [0.1, 0.15) is 33.1 Å². The standard InChI is InChI=1S/C8H17N.C5H5N/c1-6-4-3-5-8(9)7(6)2;1-2-4-6-5-3-1/h6-8H,3-5,9H2,1-2H3;1-5H. The van der Waals surface area contributed by atoms with Gasteiger partial charge in [0.05, 0.1) is 0 Å². The minimum atomic E-state index is 0.480. The first-order valence-corrected chi connectivity index (χ1v) is 5.82. The molecule has 0 radical (unpaired) electrons. The molecule has 2 rings (SSSR count). The number of nitrogens with two attached hydrogens (primary N) is 1. The Balaban J connectivity index is 0.000000162. The van der Waals surface area contributed by atoms with Crippen LogP contribution in [0.2, 0.25) is 0 Å². The normalized spacial score (nSPS) is 30.2. The minimum absolute atomic E-state index is 0.480. The molecule has 0 spiro atoms. The zero-order chi connectivity index (χ0) is 11.1. The second kappa shape index (κ2) is 6.57. The molecule has 1 aromatic heterocycles. The largest absolute Gasteiger partial charge is 0.327 e. The summed E-state index contributed by atoms with van der Waals surface area (Å²) >= 11 is 0. The maximum Gasteiger partial charge on any atom is 0.0267 e. The first kappa shape index (κ1) is 12.2. The minimum Gasteiger partial charge on any atom is -0.327 e. The highest BCUT2D eigenvalue weighted by Gasteiger charge is 2.23. The van der Waals surface area contributed by atoms with Crippen molar-refractivity contribution in [3.05, 3.63) is 30.6 Å². The van der Waals surface area contributed by atoms with Crippen LogP contribution in [0.4, 0.5) is 0 Å². The van der Waals surface area contributed by atoms with Gasteiger partial charge in [-0.1, -0.05) is 32.8 Å². The molecular weight excluding hydrogens is 184 g/mol. The van der Waals surface area contributed by atoms with Crippen molar-refractivity contribution in [2.45, 2.75) is 39.2 Å². The number of nitrogens with zero attached hydrogens (tertiary/aromatic N) is 1. The van der Waals surface area contributed by atoms with Crippen molar-refractivity contribution in [2.24, 2.45) is 17.6 Å². The van der Waals surface area contributed by atoms with Crippen LogP contribution in [0.15, 0.2) is 30.6 Å². The SMILES string of the molecule is CC1CCCC(N)C1C.c1ccncc1. The lowest BCUT2D eigenvalue weighted by Gasteiger charge is -2.31. The summed E-state index contributed by atoms with van der Waals surface area (Å²) in [5.74, 6) is 1.60. The average molecular weight is 206 g/mol.